The van der Waals surface area contributed by atoms with E-state index in [1.165, 1.54) is 5.56 Å². The zero-order valence-electron chi connectivity index (χ0n) is 14.3. The summed E-state index contributed by atoms with van der Waals surface area (Å²) in [6.07, 6.45) is 3.14. The van der Waals surface area contributed by atoms with Gasteiger partial charge in [-0.15, -0.1) is 0 Å². The van der Waals surface area contributed by atoms with E-state index in [2.05, 4.69) is 63.8 Å². The van der Waals surface area contributed by atoms with Gasteiger partial charge in [0.2, 0.25) is 0 Å². The van der Waals surface area contributed by atoms with Gasteiger partial charge >= 0.3 is 0 Å². The Hall–Kier alpha value is -0.960. The Bertz CT molecular complexity index is 407. The highest BCUT2D eigenvalue weighted by Gasteiger charge is 2.12. The van der Waals surface area contributed by atoms with Crippen LogP contribution in [0.5, 0.6) is 0 Å². The zero-order chi connectivity index (χ0) is 15.3. The van der Waals surface area contributed by atoms with Crippen molar-refractivity contribution in [2.24, 2.45) is 5.92 Å². The molecule has 0 aromatic carbocycles. The summed E-state index contributed by atoms with van der Waals surface area (Å²) in [6, 6.07) is 0. The third-order valence-corrected chi connectivity index (χ3v) is 3.44. The molecule has 0 atom stereocenters. The van der Waals surface area contributed by atoms with E-state index < -0.39 is 0 Å². The normalized spacial score (nSPS) is 12.2. The number of nitrogens with one attached hydrogen (secondary N) is 1. The molecule has 0 saturated heterocycles. The summed E-state index contributed by atoms with van der Waals surface area (Å²) < 4.78 is 0. The minimum absolute atomic E-state index is 0.167. The second-order valence-electron chi connectivity index (χ2n) is 7.15. The molecule has 0 fully saturated rings. The lowest BCUT2D eigenvalue weighted by Gasteiger charge is -2.21. The summed E-state index contributed by atoms with van der Waals surface area (Å²) >= 11 is 0. The van der Waals surface area contributed by atoms with Crippen LogP contribution >= 0.6 is 0 Å². The Balaban J connectivity index is 2.69. The predicted molar refractivity (Wildman–Crippen MR) is 86.1 cm³/mol. The second-order valence-corrected chi connectivity index (χ2v) is 7.15. The molecule has 3 heteroatoms. The first kappa shape index (κ1) is 17.1. The van der Waals surface area contributed by atoms with Crippen molar-refractivity contribution in [3.05, 3.63) is 22.8 Å². The smallest absolute Gasteiger partial charge is 0.128 e. The molecule has 0 aliphatic rings. The average molecular weight is 277 g/mol. The molecule has 20 heavy (non-hydrogen) atoms. The van der Waals surface area contributed by atoms with Gasteiger partial charge in [0.1, 0.15) is 5.82 Å². The summed E-state index contributed by atoms with van der Waals surface area (Å²) in [6.45, 7) is 16.3. The van der Waals surface area contributed by atoms with Gasteiger partial charge in [0.25, 0.3) is 0 Å². The van der Waals surface area contributed by atoms with E-state index >= 15 is 0 Å². The number of hydrogen-bond acceptors (Lipinski definition) is 3. The lowest BCUT2D eigenvalue weighted by molar-refractivity contribution is 0.428. The van der Waals surface area contributed by atoms with Gasteiger partial charge in [0.15, 0.2) is 0 Å². The van der Waals surface area contributed by atoms with Crippen LogP contribution in [0.4, 0.5) is 0 Å². The third-order valence-electron chi connectivity index (χ3n) is 3.44. The van der Waals surface area contributed by atoms with Crippen molar-refractivity contribution < 1.29 is 0 Å². The molecule has 1 rings (SSSR count). The van der Waals surface area contributed by atoms with Crippen LogP contribution in [0.2, 0.25) is 0 Å². The Labute approximate surface area is 124 Å². The second kappa shape index (κ2) is 7.16. The highest BCUT2D eigenvalue weighted by Crippen LogP contribution is 2.13. The van der Waals surface area contributed by atoms with Crippen molar-refractivity contribution in [2.45, 2.75) is 73.3 Å². The number of hydrogen-bond donors (Lipinski definition) is 1. The van der Waals surface area contributed by atoms with Gasteiger partial charge in [0, 0.05) is 23.3 Å². The molecule has 0 aliphatic heterocycles. The molecule has 0 saturated carbocycles. The highest BCUT2D eigenvalue weighted by atomic mass is 14.9. The average Bonchev–Trinajstić information content (AvgIpc) is 2.28. The minimum Gasteiger partial charge on any atom is -0.312 e. The number of nitrogens with zero attached hydrogens (tertiary/aromatic N) is 2. The lowest BCUT2D eigenvalue weighted by atomic mass is 10.0. The van der Waals surface area contributed by atoms with Crippen LogP contribution in [0.25, 0.3) is 0 Å². The fourth-order valence-electron chi connectivity index (χ4n) is 2.26. The molecule has 0 aliphatic carbocycles. The van der Waals surface area contributed by atoms with Crippen molar-refractivity contribution in [2.75, 3.05) is 6.54 Å². The molecule has 114 valence electrons. The van der Waals surface area contributed by atoms with Gasteiger partial charge in [-0.3, -0.25) is 0 Å². The topological polar surface area (TPSA) is 37.8 Å². The van der Waals surface area contributed by atoms with Crippen LogP contribution in [-0.2, 0) is 12.8 Å². The van der Waals surface area contributed by atoms with Gasteiger partial charge < -0.3 is 5.32 Å². The van der Waals surface area contributed by atoms with Gasteiger partial charge in [-0.25, -0.2) is 9.97 Å². The van der Waals surface area contributed by atoms with E-state index in [-0.39, 0.29) is 5.54 Å². The molecule has 1 N–H and O–H groups in total. The zero-order valence-corrected chi connectivity index (χ0v) is 14.3. The molecule has 0 amide bonds. The highest BCUT2D eigenvalue weighted by molar-refractivity contribution is 5.24. The largest absolute Gasteiger partial charge is 0.312 e. The maximum Gasteiger partial charge on any atom is 0.128 e. The van der Waals surface area contributed by atoms with E-state index in [9.17, 15) is 0 Å². The maximum atomic E-state index is 4.68. The molecule has 0 spiro atoms. The summed E-state index contributed by atoms with van der Waals surface area (Å²) in [5.41, 5.74) is 3.76. The van der Waals surface area contributed by atoms with E-state index in [0.29, 0.717) is 5.92 Å². The van der Waals surface area contributed by atoms with Crippen LogP contribution in [-0.4, -0.2) is 22.1 Å². The fourth-order valence-corrected chi connectivity index (χ4v) is 2.26. The number of aromatic nitrogens is 2. The summed E-state index contributed by atoms with van der Waals surface area (Å²) in [4.78, 5) is 9.36. The first-order chi connectivity index (χ1) is 9.19. The summed E-state index contributed by atoms with van der Waals surface area (Å²) in [5.74, 6) is 1.70. The first-order valence-electron chi connectivity index (χ1n) is 7.77. The summed E-state index contributed by atoms with van der Waals surface area (Å²) in [5, 5.41) is 3.52. The van der Waals surface area contributed by atoms with E-state index in [1.807, 2.05) is 0 Å². The first-order valence-corrected chi connectivity index (χ1v) is 7.77. The molecule has 0 bridgehead atoms. The SMILES string of the molecule is Cc1nc(CCC(C)C)nc(C)c1CCNC(C)(C)C. The van der Waals surface area contributed by atoms with Crippen LogP contribution in [0.1, 0.15) is 63.8 Å². The molecule has 1 heterocycles. The van der Waals surface area contributed by atoms with Crippen molar-refractivity contribution in [1.82, 2.24) is 15.3 Å². The number of aryl methyl sites for hydroxylation is 3. The van der Waals surface area contributed by atoms with Crippen LogP contribution in [0, 0.1) is 19.8 Å². The van der Waals surface area contributed by atoms with Crippen LogP contribution < -0.4 is 5.32 Å². The quantitative estimate of drug-likeness (QED) is 0.863. The van der Waals surface area contributed by atoms with Gasteiger partial charge in [-0.2, -0.15) is 0 Å². The Kier molecular flexibility index (Phi) is 6.12. The molecule has 0 radical (unpaired) electrons. The Morgan fingerprint density at radius 2 is 1.55 bits per heavy atom. The van der Waals surface area contributed by atoms with E-state index in [0.717, 1.165) is 43.0 Å². The van der Waals surface area contributed by atoms with Crippen molar-refractivity contribution in [1.29, 1.82) is 0 Å². The molecule has 1 aromatic rings. The monoisotopic (exact) mass is 277 g/mol. The van der Waals surface area contributed by atoms with Crippen LogP contribution in [0.3, 0.4) is 0 Å². The molecule has 3 nitrogen and oxygen atoms in total. The van der Waals surface area contributed by atoms with Crippen molar-refractivity contribution in [3.63, 3.8) is 0 Å². The van der Waals surface area contributed by atoms with Crippen molar-refractivity contribution >= 4 is 0 Å². The standard InChI is InChI=1S/C17H31N3/c1-12(2)8-9-16-19-13(3)15(14(4)20-16)10-11-18-17(5,6)7/h12,18H,8-11H2,1-7H3. The fraction of sp³-hybridized carbons (Fsp3) is 0.765. The molecule has 0 unspecified atom stereocenters. The van der Waals surface area contributed by atoms with E-state index in [1.54, 1.807) is 0 Å². The summed E-state index contributed by atoms with van der Waals surface area (Å²) in [7, 11) is 0. The van der Waals surface area contributed by atoms with Gasteiger partial charge in [-0.05, 0) is 65.5 Å². The Morgan fingerprint density at radius 1 is 1.00 bits per heavy atom. The minimum atomic E-state index is 0.167. The van der Waals surface area contributed by atoms with Crippen LogP contribution in [0.15, 0.2) is 0 Å². The third kappa shape index (κ3) is 6.00. The molecule has 1 aromatic heterocycles. The molecular weight excluding hydrogens is 246 g/mol. The van der Waals surface area contributed by atoms with Gasteiger partial charge in [-0.1, -0.05) is 13.8 Å². The predicted octanol–water partition coefficient (Wildman–Crippen LogP) is 3.61. The van der Waals surface area contributed by atoms with Crippen molar-refractivity contribution in [3.8, 4) is 0 Å². The van der Waals surface area contributed by atoms with E-state index in [4.69, 9.17) is 0 Å². The Morgan fingerprint density at radius 3 is 2.00 bits per heavy atom. The number of rotatable bonds is 6. The van der Waals surface area contributed by atoms with Gasteiger partial charge in [0.05, 0.1) is 0 Å². The maximum absolute atomic E-state index is 4.68. The molecular formula is C17H31N3. The lowest BCUT2D eigenvalue weighted by Crippen LogP contribution is -2.37.